The number of aryl methyl sites for hydroxylation is 2. The van der Waals surface area contributed by atoms with Crippen LogP contribution in [0.4, 0.5) is 0 Å². The number of terminal acetylenes is 1. The van der Waals surface area contributed by atoms with Crippen molar-refractivity contribution in [3.05, 3.63) is 12.0 Å². The summed E-state index contributed by atoms with van der Waals surface area (Å²) in [5.41, 5.74) is 0. The largest absolute Gasteiger partial charge is 0.337 e. The molecule has 0 N–H and O–H groups in total. The Morgan fingerprint density at radius 2 is 2.27 bits per heavy atom. The molecule has 0 aliphatic heterocycles. The predicted octanol–water partition coefficient (Wildman–Crippen LogP) is -0.0178. The molecule has 0 saturated heterocycles. The molecule has 6 heteroatoms. The number of aromatic nitrogens is 2. The lowest BCUT2D eigenvalue weighted by molar-refractivity contribution is 0.500. The highest BCUT2D eigenvalue weighted by molar-refractivity contribution is 7.89. The number of nitrogens with zero attached hydrogens (tertiary/aromatic N) is 3. The fourth-order valence-corrected chi connectivity index (χ4v) is 2.13. The molecule has 0 aliphatic carbocycles. The van der Waals surface area contributed by atoms with Crippen LogP contribution in [0.2, 0.25) is 0 Å². The molecular weight excluding hydrogens is 214 g/mol. The lowest BCUT2D eigenvalue weighted by atomic mass is 10.7. The van der Waals surface area contributed by atoms with Gasteiger partial charge in [-0.1, -0.05) is 5.92 Å². The van der Waals surface area contributed by atoms with Crippen molar-refractivity contribution in [3.8, 4) is 12.3 Å². The van der Waals surface area contributed by atoms with Gasteiger partial charge in [0.25, 0.3) is 10.0 Å². The van der Waals surface area contributed by atoms with Gasteiger partial charge in [-0.25, -0.2) is 13.4 Å². The Balaban J connectivity index is 3.13. The van der Waals surface area contributed by atoms with Gasteiger partial charge in [0.2, 0.25) is 0 Å². The summed E-state index contributed by atoms with van der Waals surface area (Å²) in [7, 11) is -0.376. The van der Waals surface area contributed by atoms with Crippen molar-refractivity contribution in [1.82, 2.24) is 13.9 Å². The van der Waals surface area contributed by atoms with Crippen molar-refractivity contribution in [2.45, 2.75) is 11.9 Å². The van der Waals surface area contributed by atoms with E-state index in [4.69, 9.17) is 6.42 Å². The van der Waals surface area contributed by atoms with E-state index in [0.717, 1.165) is 4.31 Å². The number of hydrogen-bond donors (Lipinski definition) is 0. The second-order valence-corrected chi connectivity index (χ2v) is 5.19. The normalized spacial score (nSPS) is 11.7. The zero-order chi connectivity index (χ0) is 11.6. The van der Waals surface area contributed by atoms with Gasteiger partial charge >= 0.3 is 0 Å². The molecule has 82 valence electrons. The maximum absolute atomic E-state index is 11.8. The Morgan fingerprint density at radius 1 is 1.67 bits per heavy atom. The lowest BCUT2D eigenvalue weighted by Gasteiger charge is -2.11. The van der Waals surface area contributed by atoms with E-state index < -0.39 is 10.0 Å². The van der Waals surface area contributed by atoms with Crippen LogP contribution in [0.1, 0.15) is 5.82 Å². The van der Waals surface area contributed by atoms with Crippen LogP contribution in [0, 0.1) is 19.3 Å². The lowest BCUT2D eigenvalue weighted by Crippen LogP contribution is -2.27. The van der Waals surface area contributed by atoms with Crippen molar-refractivity contribution >= 4 is 10.0 Å². The Morgan fingerprint density at radius 3 is 2.67 bits per heavy atom. The van der Waals surface area contributed by atoms with Gasteiger partial charge in [0.1, 0.15) is 5.82 Å². The number of sulfonamides is 1. The first-order valence-electron chi connectivity index (χ1n) is 4.29. The molecule has 0 amide bonds. The average molecular weight is 227 g/mol. The fourth-order valence-electron chi connectivity index (χ4n) is 1.02. The highest BCUT2D eigenvalue weighted by atomic mass is 32.2. The van der Waals surface area contributed by atoms with E-state index in [0.29, 0.717) is 5.82 Å². The smallest absolute Gasteiger partial charge is 0.262 e. The zero-order valence-electron chi connectivity index (χ0n) is 8.93. The molecule has 0 aliphatic rings. The second kappa shape index (κ2) is 4.04. The maximum atomic E-state index is 11.8. The molecule has 0 spiro atoms. The first-order chi connectivity index (χ1) is 6.89. The molecule has 15 heavy (non-hydrogen) atoms. The monoisotopic (exact) mass is 227 g/mol. The molecule has 5 nitrogen and oxygen atoms in total. The minimum absolute atomic E-state index is 0.0280. The van der Waals surface area contributed by atoms with Crippen molar-refractivity contribution in [2.24, 2.45) is 7.05 Å². The van der Waals surface area contributed by atoms with Crippen LogP contribution in [-0.2, 0) is 17.1 Å². The van der Waals surface area contributed by atoms with Gasteiger partial charge in [-0.05, 0) is 6.92 Å². The van der Waals surface area contributed by atoms with Gasteiger partial charge in [0.05, 0.1) is 6.54 Å². The number of rotatable bonds is 3. The Bertz CT molecular complexity index is 476. The Hall–Kier alpha value is -1.32. The summed E-state index contributed by atoms with van der Waals surface area (Å²) in [6.45, 7) is 1.78. The van der Waals surface area contributed by atoms with E-state index in [1.807, 2.05) is 0 Å². The van der Waals surface area contributed by atoms with E-state index in [2.05, 4.69) is 10.9 Å². The van der Waals surface area contributed by atoms with E-state index in [1.54, 1.807) is 18.5 Å². The van der Waals surface area contributed by atoms with Crippen molar-refractivity contribution in [3.63, 3.8) is 0 Å². The minimum atomic E-state index is -3.54. The van der Waals surface area contributed by atoms with E-state index in [-0.39, 0.29) is 11.6 Å². The van der Waals surface area contributed by atoms with Gasteiger partial charge in [0.15, 0.2) is 5.03 Å². The molecule has 0 atom stereocenters. The third kappa shape index (κ3) is 2.19. The molecule has 1 rings (SSSR count). The summed E-state index contributed by atoms with van der Waals surface area (Å²) >= 11 is 0. The molecule has 1 heterocycles. The third-order valence-corrected chi connectivity index (χ3v) is 3.75. The Kier molecular flexibility index (Phi) is 3.17. The maximum Gasteiger partial charge on any atom is 0.262 e. The molecule has 1 aromatic heterocycles. The minimum Gasteiger partial charge on any atom is -0.337 e. The molecule has 0 radical (unpaired) electrons. The molecule has 0 fully saturated rings. The topological polar surface area (TPSA) is 55.2 Å². The summed E-state index contributed by atoms with van der Waals surface area (Å²) in [6, 6.07) is 0. The first kappa shape index (κ1) is 11.8. The molecule has 0 aromatic carbocycles. The highest BCUT2D eigenvalue weighted by Gasteiger charge is 2.23. The van der Waals surface area contributed by atoms with Crippen LogP contribution in [0.25, 0.3) is 0 Å². The predicted molar refractivity (Wildman–Crippen MR) is 56.6 cm³/mol. The van der Waals surface area contributed by atoms with Crippen LogP contribution < -0.4 is 0 Å². The van der Waals surface area contributed by atoms with E-state index in [1.165, 1.54) is 13.2 Å². The molecule has 1 aromatic rings. The third-order valence-electron chi connectivity index (χ3n) is 2.08. The van der Waals surface area contributed by atoms with Crippen LogP contribution >= 0.6 is 0 Å². The first-order valence-corrected chi connectivity index (χ1v) is 5.73. The summed E-state index contributed by atoms with van der Waals surface area (Å²) in [5.74, 6) is 2.92. The highest BCUT2D eigenvalue weighted by Crippen LogP contribution is 2.12. The number of hydrogen-bond acceptors (Lipinski definition) is 3. The van der Waals surface area contributed by atoms with Gasteiger partial charge in [0, 0.05) is 20.3 Å². The number of imidazole rings is 1. The van der Waals surface area contributed by atoms with Crippen molar-refractivity contribution in [2.75, 3.05) is 13.6 Å². The second-order valence-electron chi connectivity index (χ2n) is 3.20. The molecular formula is C9H13N3O2S. The summed E-state index contributed by atoms with van der Waals surface area (Å²) in [4.78, 5) is 3.95. The Labute approximate surface area is 89.8 Å². The van der Waals surface area contributed by atoms with Crippen LogP contribution in [0.5, 0.6) is 0 Å². The van der Waals surface area contributed by atoms with Crippen LogP contribution in [0.15, 0.2) is 11.2 Å². The van der Waals surface area contributed by atoms with E-state index in [9.17, 15) is 8.42 Å². The SMILES string of the molecule is C#CCN(C)S(=O)(=O)c1cn(C)c(C)n1. The van der Waals surface area contributed by atoms with E-state index >= 15 is 0 Å². The average Bonchev–Trinajstić information content (AvgIpc) is 2.48. The van der Waals surface area contributed by atoms with Gasteiger partial charge in [-0.2, -0.15) is 4.31 Å². The van der Waals surface area contributed by atoms with Gasteiger partial charge in [-0.15, -0.1) is 6.42 Å². The quantitative estimate of drug-likeness (QED) is 0.682. The standard InChI is InChI=1S/C9H13N3O2S/c1-5-6-12(4)15(13,14)9-7-11(3)8(2)10-9/h1,7H,6H2,2-4H3. The molecule has 0 bridgehead atoms. The summed E-state index contributed by atoms with van der Waals surface area (Å²) in [5, 5.41) is 0.0280. The summed E-state index contributed by atoms with van der Waals surface area (Å²) < 4.78 is 26.4. The van der Waals surface area contributed by atoms with Crippen molar-refractivity contribution < 1.29 is 8.42 Å². The summed E-state index contributed by atoms with van der Waals surface area (Å²) in [6.07, 6.45) is 6.53. The fraction of sp³-hybridized carbons (Fsp3) is 0.444. The van der Waals surface area contributed by atoms with Crippen molar-refractivity contribution in [1.29, 1.82) is 0 Å². The zero-order valence-corrected chi connectivity index (χ0v) is 9.74. The molecule has 0 saturated carbocycles. The van der Waals surface area contributed by atoms with Crippen LogP contribution in [0.3, 0.4) is 0 Å². The van der Waals surface area contributed by atoms with Crippen LogP contribution in [-0.4, -0.2) is 35.9 Å². The van der Waals surface area contributed by atoms with Gasteiger partial charge < -0.3 is 4.57 Å². The molecule has 0 unspecified atom stereocenters. The van der Waals surface area contributed by atoms with Gasteiger partial charge in [-0.3, -0.25) is 0 Å².